The molecule has 0 aromatic heterocycles. The van der Waals surface area contributed by atoms with E-state index >= 15 is 0 Å². The number of nitrogens with one attached hydrogen (secondary N) is 3. The van der Waals surface area contributed by atoms with Crippen LogP contribution in [-0.4, -0.2) is 39.7 Å². The molecular weight excluding hydrogens is 739 g/mol. The second-order valence-electron chi connectivity index (χ2n) is 16.0. The van der Waals surface area contributed by atoms with Crippen LogP contribution in [0.4, 0.5) is 0 Å². The van der Waals surface area contributed by atoms with Gasteiger partial charge >= 0.3 is 0 Å². The molecule has 0 fully saturated rings. The fourth-order valence-electron chi connectivity index (χ4n) is 8.65. The third-order valence-corrected chi connectivity index (χ3v) is 15.2. The van der Waals surface area contributed by atoms with Gasteiger partial charge in [0.1, 0.15) is 22.7 Å². The molecule has 3 aliphatic rings. The molecule has 0 spiro atoms. The maximum absolute atomic E-state index is 14.2. The van der Waals surface area contributed by atoms with Crippen LogP contribution < -0.4 is 24.2 Å². The highest BCUT2D eigenvalue weighted by Crippen LogP contribution is 2.46. The number of sulfonamides is 2. The number of rotatable bonds is 7. The normalized spacial score (nSPS) is 18.8. The summed E-state index contributed by atoms with van der Waals surface area (Å²) in [6, 6.07) is 16.0. The van der Waals surface area contributed by atoms with E-state index in [-0.39, 0.29) is 27.5 Å². The van der Waals surface area contributed by atoms with E-state index in [1.54, 1.807) is 13.8 Å². The lowest BCUT2D eigenvalue weighted by molar-refractivity contribution is 0.120. The van der Waals surface area contributed by atoms with Crippen LogP contribution in [0, 0.1) is 41.5 Å². The Balaban J connectivity index is 1.13. The van der Waals surface area contributed by atoms with E-state index in [0.29, 0.717) is 46.4 Å². The first-order chi connectivity index (χ1) is 25.2. The highest BCUT2D eigenvalue weighted by molar-refractivity contribution is 7.92. The summed E-state index contributed by atoms with van der Waals surface area (Å²) in [5.41, 5.74) is 8.69. The lowest BCUT2D eigenvalue weighted by atomic mass is 9.93. The molecule has 0 saturated heterocycles. The third-order valence-electron chi connectivity index (χ3n) is 11.6. The van der Waals surface area contributed by atoms with Crippen LogP contribution >= 0.6 is 12.2 Å². The summed E-state index contributed by atoms with van der Waals surface area (Å²) in [4.78, 5) is 0.408. The molecule has 54 heavy (non-hydrogen) atoms. The van der Waals surface area contributed by atoms with E-state index in [4.69, 9.17) is 21.7 Å². The molecule has 4 aromatic carbocycles. The molecule has 1 aliphatic carbocycles. The van der Waals surface area contributed by atoms with E-state index in [2.05, 4.69) is 39.0 Å². The van der Waals surface area contributed by atoms with Gasteiger partial charge in [0.25, 0.3) is 10.0 Å². The van der Waals surface area contributed by atoms with Gasteiger partial charge in [-0.3, -0.25) is 4.72 Å². The average molecular weight is 788 g/mol. The Bertz CT molecular complexity index is 2430. The zero-order valence-electron chi connectivity index (χ0n) is 32.4. The molecule has 0 saturated carbocycles. The Kier molecular flexibility index (Phi) is 9.47. The average Bonchev–Trinajstić information content (AvgIpc) is 3.59. The molecule has 286 valence electrons. The van der Waals surface area contributed by atoms with Crippen LogP contribution in [0.15, 0.2) is 58.3 Å². The lowest BCUT2D eigenvalue weighted by Crippen LogP contribution is -2.44. The van der Waals surface area contributed by atoms with E-state index in [0.717, 1.165) is 46.4 Å². The summed E-state index contributed by atoms with van der Waals surface area (Å²) in [6.07, 6.45) is 2.68. The second-order valence-corrected chi connectivity index (χ2v) is 19.8. The first-order valence-electron chi connectivity index (χ1n) is 18.4. The standard InChI is InChI=1S/C42H49N3O6S3/c1-23-25(3)38(27(5)33-20-41(7,8)50-36(23)33)53(46,47)43-22-42(9)21-34-28(6)39(26(4)24(2)37(34)51-42)54(48,49)45-40(52)44-35-31-16-12-10-14-29(31)18-19-30-15-11-13-17-32(30)35/h10-17,35,43H,18-22H2,1-9H3,(H2,44,45,52). The van der Waals surface area contributed by atoms with Gasteiger partial charge in [-0.15, -0.1) is 0 Å². The molecule has 2 aliphatic heterocycles. The number of aryl methyl sites for hydroxylation is 2. The van der Waals surface area contributed by atoms with Crippen molar-refractivity contribution in [3.8, 4) is 11.5 Å². The number of hydrogen-bond donors (Lipinski definition) is 3. The maximum atomic E-state index is 14.2. The van der Waals surface area contributed by atoms with Crippen molar-refractivity contribution in [2.45, 2.75) is 115 Å². The van der Waals surface area contributed by atoms with E-state index in [1.807, 2.05) is 72.7 Å². The summed E-state index contributed by atoms with van der Waals surface area (Å²) in [5.74, 6) is 1.35. The molecule has 12 heteroatoms. The van der Waals surface area contributed by atoms with Gasteiger partial charge in [-0.1, -0.05) is 48.5 Å². The van der Waals surface area contributed by atoms with Gasteiger partial charge in [0.2, 0.25) is 10.0 Å². The van der Waals surface area contributed by atoms with Gasteiger partial charge in [-0.2, -0.15) is 0 Å². The van der Waals surface area contributed by atoms with Crippen molar-refractivity contribution in [3.63, 3.8) is 0 Å². The van der Waals surface area contributed by atoms with Crippen molar-refractivity contribution < 1.29 is 26.3 Å². The van der Waals surface area contributed by atoms with E-state index in [1.165, 1.54) is 11.1 Å². The van der Waals surface area contributed by atoms with Gasteiger partial charge in [-0.25, -0.2) is 21.6 Å². The molecule has 7 rings (SSSR count). The van der Waals surface area contributed by atoms with Crippen LogP contribution in [0.3, 0.4) is 0 Å². The predicted octanol–water partition coefficient (Wildman–Crippen LogP) is 6.96. The monoisotopic (exact) mass is 787 g/mol. The fraction of sp³-hybridized carbons (Fsp3) is 0.405. The summed E-state index contributed by atoms with van der Waals surface area (Å²) in [5, 5.41) is 3.33. The maximum Gasteiger partial charge on any atom is 0.264 e. The Hall–Kier alpha value is -3.97. The molecule has 3 N–H and O–H groups in total. The minimum absolute atomic E-state index is 0.00135. The minimum Gasteiger partial charge on any atom is -0.487 e. The summed E-state index contributed by atoms with van der Waals surface area (Å²) < 4.78 is 74.8. The van der Waals surface area contributed by atoms with Crippen molar-refractivity contribution in [2.24, 2.45) is 0 Å². The molecule has 9 nitrogen and oxygen atoms in total. The van der Waals surface area contributed by atoms with Crippen molar-refractivity contribution >= 4 is 37.4 Å². The summed E-state index contributed by atoms with van der Waals surface area (Å²) in [7, 11) is -8.10. The van der Waals surface area contributed by atoms with E-state index < -0.39 is 31.2 Å². The molecule has 0 amide bonds. The first-order valence-corrected chi connectivity index (χ1v) is 21.7. The molecule has 0 bridgehead atoms. The quantitative estimate of drug-likeness (QED) is 0.172. The molecule has 1 atom stereocenters. The van der Waals surface area contributed by atoms with Crippen molar-refractivity contribution in [1.29, 1.82) is 0 Å². The number of benzene rings is 4. The van der Waals surface area contributed by atoms with Crippen LogP contribution in [-0.2, 0) is 45.7 Å². The minimum atomic E-state index is -4.15. The lowest BCUT2D eigenvalue weighted by Gasteiger charge is -2.26. The molecule has 0 radical (unpaired) electrons. The van der Waals surface area contributed by atoms with E-state index in [9.17, 15) is 16.8 Å². The summed E-state index contributed by atoms with van der Waals surface area (Å²) >= 11 is 5.72. The SMILES string of the molecule is Cc1c(C)c(S(=O)(=O)NCC2(C)Cc3c(C)c(S(=O)(=O)NC(=S)NC4c5ccccc5CCc5ccccc54)c(C)c(C)c3O2)c(C)c2c1OC(C)(C)C2. The number of fused-ring (bicyclic) bond motifs is 4. The number of thiocarbonyl (C=S) groups is 1. The Labute approximate surface area is 325 Å². The number of hydrogen-bond acceptors (Lipinski definition) is 7. The number of ether oxygens (including phenoxy) is 2. The van der Waals surface area contributed by atoms with Crippen molar-refractivity contribution in [1.82, 2.24) is 14.8 Å². The van der Waals surface area contributed by atoms with Crippen LogP contribution in [0.2, 0.25) is 0 Å². The smallest absolute Gasteiger partial charge is 0.264 e. The summed E-state index contributed by atoms with van der Waals surface area (Å²) in [6.45, 7) is 16.8. The molecular formula is C42H49N3O6S3. The van der Waals surface area contributed by atoms with Gasteiger partial charge < -0.3 is 14.8 Å². The van der Waals surface area contributed by atoms with Crippen LogP contribution in [0.1, 0.15) is 93.6 Å². The largest absolute Gasteiger partial charge is 0.487 e. The van der Waals surface area contributed by atoms with Crippen molar-refractivity contribution in [3.05, 3.63) is 115 Å². The Morgan fingerprint density at radius 2 is 1.17 bits per heavy atom. The van der Waals surface area contributed by atoms with Gasteiger partial charge in [-0.05, 0) is 143 Å². The fourth-order valence-corrected chi connectivity index (χ4v) is 12.3. The second kappa shape index (κ2) is 13.4. The Morgan fingerprint density at radius 1 is 0.685 bits per heavy atom. The molecule has 2 heterocycles. The van der Waals surface area contributed by atoms with Crippen molar-refractivity contribution in [2.75, 3.05) is 6.54 Å². The molecule has 1 unspecified atom stereocenters. The van der Waals surface area contributed by atoms with Gasteiger partial charge in [0, 0.05) is 24.0 Å². The zero-order chi connectivity index (χ0) is 39.1. The Morgan fingerprint density at radius 3 is 1.72 bits per heavy atom. The topological polar surface area (TPSA) is 123 Å². The highest BCUT2D eigenvalue weighted by Gasteiger charge is 2.42. The van der Waals surface area contributed by atoms with Crippen LogP contribution in [0.5, 0.6) is 11.5 Å². The third kappa shape index (κ3) is 6.58. The zero-order valence-corrected chi connectivity index (χ0v) is 34.9. The van der Waals surface area contributed by atoms with Gasteiger partial charge in [0.05, 0.1) is 22.4 Å². The van der Waals surface area contributed by atoms with Crippen LogP contribution in [0.25, 0.3) is 0 Å². The highest BCUT2D eigenvalue weighted by atomic mass is 32.2. The first kappa shape index (κ1) is 38.3. The van der Waals surface area contributed by atoms with Gasteiger partial charge in [0.15, 0.2) is 5.11 Å². The predicted molar refractivity (Wildman–Crippen MR) is 216 cm³/mol. The molecule has 4 aromatic rings.